The molecule has 11 heteroatoms. The zero-order valence-corrected chi connectivity index (χ0v) is 18.1. The first-order valence-corrected chi connectivity index (χ1v) is 12.0. The third-order valence-electron chi connectivity index (χ3n) is 3.97. The van der Waals surface area contributed by atoms with E-state index in [1.54, 1.807) is 6.92 Å². The summed E-state index contributed by atoms with van der Waals surface area (Å²) in [6.45, 7) is 1.34. The van der Waals surface area contributed by atoms with Crippen LogP contribution in [0.1, 0.15) is 18.9 Å². The van der Waals surface area contributed by atoms with Crippen molar-refractivity contribution in [3.05, 3.63) is 54.1 Å². The van der Waals surface area contributed by atoms with Crippen LogP contribution in [0.4, 0.5) is 11.4 Å². The van der Waals surface area contributed by atoms with Crippen LogP contribution in [-0.2, 0) is 24.8 Å². The number of anilines is 2. The molecule has 0 fully saturated rings. The number of nitriles is 1. The van der Waals surface area contributed by atoms with Gasteiger partial charge in [-0.05, 0) is 55.0 Å². The predicted molar refractivity (Wildman–Crippen MR) is 114 cm³/mol. The molecule has 0 radical (unpaired) electrons. The second-order valence-corrected chi connectivity index (χ2v) is 10.3. The van der Waals surface area contributed by atoms with Gasteiger partial charge in [0.15, 0.2) is 0 Å². The van der Waals surface area contributed by atoms with Crippen molar-refractivity contribution in [1.82, 2.24) is 4.31 Å². The normalized spacial score (nSPS) is 11.7. The van der Waals surface area contributed by atoms with Gasteiger partial charge < -0.3 is 5.32 Å². The largest absolute Gasteiger partial charge is 0.325 e. The van der Waals surface area contributed by atoms with Gasteiger partial charge in [0.25, 0.3) is 0 Å². The van der Waals surface area contributed by atoms with E-state index in [9.17, 15) is 21.6 Å². The van der Waals surface area contributed by atoms with Gasteiger partial charge in [0, 0.05) is 18.4 Å². The number of sulfonamides is 2. The molecule has 0 saturated carbocycles. The Hall–Kier alpha value is -2.94. The van der Waals surface area contributed by atoms with Gasteiger partial charge in [0.2, 0.25) is 26.0 Å². The van der Waals surface area contributed by atoms with Crippen LogP contribution >= 0.6 is 0 Å². The average molecular weight is 451 g/mol. The SMILES string of the molecule is CCCS(=O)(=O)Nc1ccc(NC(=O)CN(C)S(=O)(=O)c2ccc(C#N)cc2)cc1. The van der Waals surface area contributed by atoms with Gasteiger partial charge >= 0.3 is 0 Å². The summed E-state index contributed by atoms with van der Waals surface area (Å²) in [5.41, 5.74) is 1.08. The summed E-state index contributed by atoms with van der Waals surface area (Å²) in [5, 5.41) is 11.4. The maximum absolute atomic E-state index is 12.5. The highest BCUT2D eigenvalue weighted by atomic mass is 32.2. The lowest BCUT2D eigenvalue weighted by Crippen LogP contribution is -2.34. The number of hydrogen-bond acceptors (Lipinski definition) is 6. The average Bonchev–Trinajstić information content (AvgIpc) is 2.69. The molecule has 160 valence electrons. The zero-order chi connectivity index (χ0) is 22.4. The molecule has 0 heterocycles. The fourth-order valence-corrected chi connectivity index (χ4v) is 4.75. The van der Waals surface area contributed by atoms with Crippen LogP contribution < -0.4 is 10.0 Å². The number of hydrogen-bond donors (Lipinski definition) is 2. The molecule has 30 heavy (non-hydrogen) atoms. The van der Waals surface area contributed by atoms with E-state index in [4.69, 9.17) is 5.26 Å². The summed E-state index contributed by atoms with van der Waals surface area (Å²) in [6.07, 6.45) is 0.488. The van der Waals surface area contributed by atoms with Gasteiger partial charge in [-0.15, -0.1) is 0 Å². The van der Waals surface area contributed by atoms with E-state index in [1.165, 1.54) is 55.6 Å². The molecule has 0 aliphatic heterocycles. The number of carbonyl (C=O) groups excluding carboxylic acids is 1. The van der Waals surface area contributed by atoms with Gasteiger partial charge in [-0.2, -0.15) is 9.57 Å². The monoisotopic (exact) mass is 450 g/mol. The van der Waals surface area contributed by atoms with Crippen molar-refractivity contribution in [1.29, 1.82) is 5.26 Å². The summed E-state index contributed by atoms with van der Waals surface area (Å²) in [7, 11) is -6.03. The third kappa shape index (κ3) is 6.28. The Kier molecular flexibility index (Phi) is 7.55. The fourth-order valence-electron chi connectivity index (χ4n) is 2.49. The minimum atomic E-state index is -3.90. The molecule has 0 unspecified atom stereocenters. The molecule has 0 aliphatic carbocycles. The van der Waals surface area contributed by atoms with Crippen molar-refractivity contribution in [3.8, 4) is 6.07 Å². The predicted octanol–water partition coefficient (Wildman–Crippen LogP) is 1.97. The highest BCUT2D eigenvalue weighted by Crippen LogP contribution is 2.17. The molecule has 0 spiro atoms. The Morgan fingerprint density at radius 3 is 2.10 bits per heavy atom. The molecular weight excluding hydrogens is 428 g/mol. The first-order chi connectivity index (χ1) is 14.1. The smallest absolute Gasteiger partial charge is 0.243 e. The molecule has 0 aliphatic rings. The highest BCUT2D eigenvalue weighted by Gasteiger charge is 2.23. The Labute approximate surface area is 176 Å². The van der Waals surface area contributed by atoms with Crippen LogP contribution in [0, 0.1) is 11.3 Å². The van der Waals surface area contributed by atoms with Crippen LogP contribution in [0.15, 0.2) is 53.4 Å². The molecule has 2 N–H and O–H groups in total. The second-order valence-electron chi connectivity index (χ2n) is 6.44. The number of carbonyl (C=O) groups is 1. The van der Waals surface area contributed by atoms with Crippen molar-refractivity contribution < 1.29 is 21.6 Å². The van der Waals surface area contributed by atoms with Crippen LogP contribution in [0.25, 0.3) is 0 Å². The van der Waals surface area contributed by atoms with Crippen molar-refractivity contribution in [2.45, 2.75) is 18.2 Å². The molecule has 2 rings (SSSR count). The lowest BCUT2D eigenvalue weighted by atomic mass is 10.2. The van der Waals surface area contributed by atoms with E-state index in [0.29, 0.717) is 23.4 Å². The number of benzene rings is 2. The Balaban J connectivity index is 2.00. The van der Waals surface area contributed by atoms with E-state index in [2.05, 4.69) is 10.0 Å². The number of likely N-dealkylation sites (N-methyl/N-ethyl adjacent to an activating group) is 1. The standard InChI is InChI=1S/C19H22N4O5S2/c1-3-12-29(25,26)22-17-8-6-16(7-9-17)21-19(24)14-23(2)30(27,28)18-10-4-15(13-20)5-11-18/h4-11,22H,3,12,14H2,1-2H3,(H,21,24). The van der Waals surface area contributed by atoms with E-state index >= 15 is 0 Å². The molecule has 0 aromatic heterocycles. The minimum absolute atomic E-state index is 0.00549. The Bertz CT molecular complexity index is 1140. The maximum atomic E-state index is 12.5. The maximum Gasteiger partial charge on any atom is 0.243 e. The first kappa shape index (κ1) is 23.3. The quantitative estimate of drug-likeness (QED) is 0.599. The minimum Gasteiger partial charge on any atom is -0.325 e. The van der Waals surface area contributed by atoms with Crippen molar-refractivity contribution in [2.24, 2.45) is 0 Å². The topological polar surface area (TPSA) is 136 Å². The summed E-state index contributed by atoms with van der Waals surface area (Å²) in [6, 6.07) is 13.3. The van der Waals surface area contributed by atoms with Gasteiger partial charge in [-0.3, -0.25) is 9.52 Å². The van der Waals surface area contributed by atoms with Crippen molar-refractivity contribution >= 4 is 37.3 Å². The van der Waals surface area contributed by atoms with E-state index in [1.807, 2.05) is 6.07 Å². The van der Waals surface area contributed by atoms with Crippen LogP contribution in [0.5, 0.6) is 0 Å². The second kappa shape index (κ2) is 9.71. The molecule has 0 atom stereocenters. The van der Waals surface area contributed by atoms with E-state index < -0.39 is 32.5 Å². The number of nitrogens with one attached hydrogen (secondary N) is 2. The number of rotatable bonds is 9. The van der Waals surface area contributed by atoms with E-state index in [-0.39, 0.29) is 10.6 Å². The third-order valence-corrected chi connectivity index (χ3v) is 7.28. The highest BCUT2D eigenvalue weighted by molar-refractivity contribution is 7.92. The first-order valence-electron chi connectivity index (χ1n) is 8.94. The number of nitrogens with zero attached hydrogens (tertiary/aromatic N) is 2. The molecule has 0 bridgehead atoms. The van der Waals surface area contributed by atoms with Gasteiger partial charge in [0.1, 0.15) is 0 Å². The Morgan fingerprint density at radius 2 is 1.57 bits per heavy atom. The molecule has 2 aromatic rings. The Morgan fingerprint density at radius 1 is 1.00 bits per heavy atom. The zero-order valence-electron chi connectivity index (χ0n) is 16.5. The number of amides is 1. The van der Waals surface area contributed by atoms with Crippen LogP contribution in [0.2, 0.25) is 0 Å². The fraction of sp³-hybridized carbons (Fsp3) is 0.263. The lowest BCUT2D eigenvalue weighted by Gasteiger charge is -2.17. The van der Waals surface area contributed by atoms with Gasteiger partial charge in [-0.1, -0.05) is 6.92 Å². The molecular formula is C19H22N4O5S2. The lowest BCUT2D eigenvalue weighted by molar-refractivity contribution is -0.116. The van der Waals surface area contributed by atoms with Crippen molar-refractivity contribution in [2.75, 3.05) is 29.4 Å². The summed E-state index contributed by atoms with van der Waals surface area (Å²) >= 11 is 0. The van der Waals surface area contributed by atoms with Crippen molar-refractivity contribution in [3.63, 3.8) is 0 Å². The van der Waals surface area contributed by atoms with Crippen LogP contribution in [0.3, 0.4) is 0 Å². The summed E-state index contributed by atoms with van der Waals surface area (Å²) in [5.74, 6) is -0.556. The summed E-state index contributed by atoms with van der Waals surface area (Å²) in [4.78, 5) is 12.2. The summed E-state index contributed by atoms with van der Waals surface area (Å²) < 4.78 is 52.0. The molecule has 0 saturated heterocycles. The molecule has 1 amide bonds. The molecule has 9 nitrogen and oxygen atoms in total. The van der Waals surface area contributed by atoms with E-state index in [0.717, 1.165) is 4.31 Å². The molecule has 2 aromatic carbocycles. The van der Waals surface area contributed by atoms with Gasteiger partial charge in [-0.25, -0.2) is 16.8 Å². The van der Waals surface area contributed by atoms with Gasteiger partial charge in [0.05, 0.1) is 28.8 Å². The van der Waals surface area contributed by atoms with Crippen LogP contribution in [-0.4, -0.2) is 46.4 Å².